The highest BCUT2D eigenvalue weighted by molar-refractivity contribution is 5.91. The number of hydrogen-bond donors (Lipinski definition) is 2. The molecule has 3 N–H and O–H groups in total. The fraction of sp³-hybridized carbons (Fsp3) is 0.333. The Kier molecular flexibility index (Phi) is 3.73. The number of aromatic nitrogens is 1. The number of carboxylic acids is 1. The molecule has 0 aromatic carbocycles. The summed E-state index contributed by atoms with van der Waals surface area (Å²) in [7, 11) is 1.14. The van der Waals surface area contributed by atoms with E-state index in [1.165, 1.54) is 0 Å². The Morgan fingerprint density at radius 2 is 2.31 bits per heavy atom. The first-order chi connectivity index (χ1) is 7.52. The fourth-order valence-electron chi connectivity index (χ4n) is 1.32. The van der Waals surface area contributed by atoms with Crippen LogP contribution < -0.4 is 10.5 Å². The van der Waals surface area contributed by atoms with Crippen molar-refractivity contribution in [1.82, 2.24) is 4.98 Å². The van der Waals surface area contributed by atoms with E-state index in [1.54, 1.807) is 0 Å². The number of alkyl halides is 2. The molecule has 0 fully saturated rings. The lowest BCUT2D eigenvalue weighted by atomic mass is 10.0. The molecule has 0 aliphatic carbocycles. The predicted octanol–water partition coefficient (Wildman–Crippen LogP) is 1.18. The number of methoxy groups -OCH3 is 1. The van der Waals surface area contributed by atoms with E-state index in [-0.39, 0.29) is 12.1 Å². The van der Waals surface area contributed by atoms with Crippen molar-refractivity contribution in [3.05, 3.63) is 22.9 Å². The lowest BCUT2D eigenvalue weighted by Gasteiger charge is -2.12. The largest absolute Gasteiger partial charge is 0.481 e. The minimum Gasteiger partial charge on any atom is -0.481 e. The van der Waals surface area contributed by atoms with Gasteiger partial charge in [0.15, 0.2) is 0 Å². The van der Waals surface area contributed by atoms with Crippen LogP contribution in [-0.2, 0) is 6.54 Å². The number of hydrogen-bond acceptors (Lipinski definition) is 4. The predicted molar refractivity (Wildman–Crippen MR) is 50.6 cm³/mol. The monoisotopic (exact) mass is 232 g/mol. The summed E-state index contributed by atoms with van der Waals surface area (Å²) in [5.74, 6) is -1.87. The van der Waals surface area contributed by atoms with Crippen LogP contribution in [0.5, 0.6) is 5.88 Å². The quantitative estimate of drug-likeness (QED) is 0.814. The van der Waals surface area contributed by atoms with E-state index < -0.39 is 29.4 Å². The molecule has 0 saturated carbocycles. The number of rotatable bonds is 4. The second-order valence-corrected chi connectivity index (χ2v) is 2.89. The van der Waals surface area contributed by atoms with Crippen molar-refractivity contribution < 1.29 is 23.4 Å². The van der Waals surface area contributed by atoms with Gasteiger partial charge in [-0.2, -0.15) is 0 Å². The van der Waals surface area contributed by atoms with Gasteiger partial charge in [0, 0.05) is 12.7 Å². The lowest BCUT2D eigenvalue weighted by molar-refractivity contribution is 0.0680. The number of halogens is 2. The highest BCUT2D eigenvalue weighted by Crippen LogP contribution is 2.32. The van der Waals surface area contributed by atoms with Crippen LogP contribution in [0.2, 0.25) is 0 Å². The summed E-state index contributed by atoms with van der Waals surface area (Å²) in [5, 5.41) is 8.87. The highest BCUT2D eigenvalue weighted by atomic mass is 19.3. The van der Waals surface area contributed by atoms with Crippen molar-refractivity contribution >= 4 is 5.97 Å². The average Bonchev–Trinajstić information content (AvgIpc) is 2.26. The van der Waals surface area contributed by atoms with Gasteiger partial charge in [0.05, 0.1) is 18.2 Å². The number of carbonyl (C=O) groups is 1. The number of ether oxygens (including phenoxy) is 1. The van der Waals surface area contributed by atoms with Crippen LogP contribution in [0.3, 0.4) is 0 Å². The molecule has 16 heavy (non-hydrogen) atoms. The number of carboxylic acid groups (broad SMARTS) is 1. The minimum absolute atomic E-state index is 0.0450. The van der Waals surface area contributed by atoms with Gasteiger partial charge in [-0.3, -0.25) is 0 Å². The molecule has 0 amide bonds. The van der Waals surface area contributed by atoms with Gasteiger partial charge in [-0.1, -0.05) is 0 Å². The molecule has 1 aromatic heterocycles. The molecule has 0 aliphatic heterocycles. The third kappa shape index (κ3) is 2.08. The normalized spacial score (nSPS) is 10.6. The molecular weight excluding hydrogens is 222 g/mol. The first-order valence-electron chi connectivity index (χ1n) is 4.30. The van der Waals surface area contributed by atoms with E-state index in [4.69, 9.17) is 10.8 Å². The Morgan fingerprint density at radius 3 is 2.69 bits per heavy atom. The number of nitrogens with two attached hydrogens (primary N) is 1. The Balaban J connectivity index is 3.53. The summed E-state index contributed by atoms with van der Waals surface area (Å²) in [6.45, 7) is -0.182. The Labute approximate surface area is 89.9 Å². The summed E-state index contributed by atoms with van der Waals surface area (Å²) < 4.78 is 30.1. The topological polar surface area (TPSA) is 85.4 Å². The number of pyridine rings is 1. The second kappa shape index (κ2) is 4.84. The first kappa shape index (κ1) is 12.3. The van der Waals surface area contributed by atoms with Crippen molar-refractivity contribution in [1.29, 1.82) is 0 Å². The smallest absolute Gasteiger partial charge is 0.336 e. The summed E-state index contributed by atoms with van der Waals surface area (Å²) in [6, 6.07) is 0. The van der Waals surface area contributed by atoms with Gasteiger partial charge in [0.1, 0.15) is 0 Å². The van der Waals surface area contributed by atoms with Crippen molar-refractivity contribution in [2.45, 2.75) is 13.0 Å². The Hall–Kier alpha value is -1.76. The van der Waals surface area contributed by atoms with Gasteiger partial charge in [0.25, 0.3) is 6.43 Å². The molecule has 0 radical (unpaired) electrons. The fourth-order valence-corrected chi connectivity index (χ4v) is 1.32. The van der Waals surface area contributed by atoms with Crippen LogP contribution in [0.4, 0.5) is 8.78 Å². The molecule has 5 nitrogen and oxygen atoms in total. The van der Waals surface area contributed by atoms with Crippen molar-refractivity contribution in [3.63, 3.8) is 0 Å². The van der Waals surface area contributed by atoms with Crippen LogP contribution in [0, 0.1) is 0 Å². The number of aromatic carboxylic acids is 1. The number of nitrogens with zero attached hydrogens (tertiary/aromatic N) is 1. The maximum absolute atomic E-state index is 12.7. The SMILES string of the molecule is COc1ncc(CN)c(C(=O)O)c1C(F)F. The van der Waals surface area contributed by atoms with Gasteiger partial charge in [-0.25, -0.2) is 18.6 Å². The van der Waals surface area contributed by atoms with E-state index >= 15 is 0 Å². The van der Waals surface area contributed by atoms with Gasteiger partial charge in [-0.05, 0) is 5.56 Å². The average molecular weight is 232 g/mol. The molecule has 0 aliphatic rings. The third-order valence-corrected chi connectivity index (χ3v) is 2.00. The minimum atomic E-state index is -2.99. The molecule has 0 saturated heterocycles. The summed E-state index contributed by atoms with van der Waals surface area (Å²) in [4.78, 5) is 14.5. The van der Waals surface area contributed by atoms with Gasteiger partial charge in [-0.15, -0.1) is 0 Å². The molecule has 1 aromatic rings. The maximum atomic E-state index is 12.7. The van der Waals surface area contributed by atoms with E-state index in [9.17, 15) is 13.6 Å². The molecule has 1 heterocycles. The molecule has 88 valence electrons. The maximum Gasteiger partial charge on any atom is 0.336 e. The molecule has 0 unspecified atom stereocenters. The van der Waals surface area contributed by atoms with Crippen LogP contribution in [-0.4, -0.2) is 23.2 Å². The zero-order chi connectivity index (χ0) is 12.3. The van der Waals surface area contributed by atoms with E-state index in [0.717, 1.165) is 13.3 Å². The first-order valence-corrected chi connectivity index (χ1v) is 4.30. The van der Waals surface area contributed by atoms with Crippen molar-refractivity contribution in [2.75, 3.05) is 7.11 Å². The van der Waals surface area contributed by atoms with Crippen LogP contribution in [0.15, 0.2) is 6.20 Å². The zero-order valence-corrected chi connectivity index (χ0v) is 8.41. The van der Waals surface area contributed by atoms with Gasteiger partial charge >= 0.3 is 5.97 Å². The molecular formula is C9H10F2N2O3. The van der Waals surface area contributed by atoms with Crippen LogP contribution in [0.25, 0.3) is 0 Å². The van der Waals surface area contributed by atoms with Gasteiger partial charge < -0.3 is 15.6 Å². The van der Waals surface area contributed by atoms with E-state index in [1.807, 2.05) is 0 Å². The Bertz CT molecular complexity index is 410. The summed E-state index contributed by atoms with van der Waals surface area (Å²) >= 11 is 0. The molecule has 7 heteroatoms. The molecule has 1 rings (SSSR count). The lowest BCUT2D eigenvalue weighted by Crippen LogP contribution is -2.13. The highest BCUT2D eigenvalue weighted by Gasteiger charge is 2.26. The molecule has 0 spiro atoms. The van der Waals surface area contributed by atoms with Crippen LogP contribution >= 0.6 is 0 Å². The standard InChI is InChI=1S/C9H10F2N2O3/c1-16-8-6(7(10)11)5(9(14)15)4(2-12)3-13-8/h3,7H,2,12H2,1H3,(H,14,15). The third-order valence-electron chi connectivity index (χ3n) is 2.00. The zero-order valence-electron chi connectivity index (χ0n) is 8.41. The van der Waals surface area contributed by atoms with Gasteiger partial charge in [0.2, 0.25) is 5.88 Å². The van der Waals surface area contributed by atoms with Crippen molar-refractivity contribution in [2.24, 2.45) is 5.73 Å². The van der Waals surface area contributed by atoms with Crippen molar-refractivity contribution in [3.8, 4) is 5.88 Å². The summed E-state index contributed by atoms with van der Waals surface area (Å²) in [5.41, 5.74) is 4.03. The molecule has 0 bridgehead atoms. The second-order valence-electron chi connectivity index (χ2n) is 2.89. The molecule has 0 atom stereocenters. The summed E-state index contributed by atoms with van der Waals surface area (Å²) in [6.07, 6.45) is -1.87. The van der Waals surface area contributed by atoms with E-state index in [0.29, 0.717) is 0 Å². The van der Waals surface area contributed by atoms with E-state index in [2.05, 4.69) is 9.72 Å². The Morgan fingerprint density at radius 1 is 1.69 bits per heavy atom. The van der Waals surface area contributed by atoms with Crippen LogP contribution in [0.1, 0.15) is 27.9 Å².